The van der Waals surface area contributed by atoms with Crippen LogP contribution < -0.4 is 5.32 Å². The highest BCUT2D eigenvalue weighted by Gasteiger charge is 2.38. The van der Waals surface area contributed by atoms with Gasteiger partial charge in [0.05, 0.1) is 17.7 Å². The summed E-state index contributed by atoms with van der Waals surface area (Å²) in [6, 6.07) is 0.792. The Bertz CT molecular complexity index is 923. The zero-order valence-electron chi connectivity index (χ0n) is 17.2. The number of benzene rings is 1. The van der Waals surface area contributed by atoms with Crippen LogP contribution in [0.4, 0.5) is 26.3 Å². The quantitative estimate of drug-likeness (QED) is 0.516. The molecule has 0 saturated heterocycles. The average Bonchev–Trinajstić information content (AvgIpc) is 3.18. The second-order valence-corrected chi connectivity index (χ2v) is 7.85. The number of halogens is 6. The Kier molecular flexibility index (Phi) is 8.27. The number of carbonyl (C=O) groups is 2. The fraction of sp³-hybridized carbons (Fsp3) is 0.450. The summed E-state index contributed by atoms with van der Waals surface area (Å²) in [7, 11) is 0. The highest BCUT2D eigenvalue weighted by molar-refractivity contribution is 7.09. The highest BCUT2D eigenvalue weighted by atomic mass is 32.1. The first kappa shape index (κ1) is 25.6. The summed E-state index contributed by atoms with van der Waals surface area (Å²) in [5.74, 6) is -1.40. The van der Waals surface area contributed by atoms with Gasteiger partial charge in [-0.1, -0.05) is 13.8 Å². The number of amides is 2. The summed E-state index contributed by atoms with van der Waals surface area (Å²) in [5, 5.41) is 4.44. The van der Waals surface area contributed by atoms with Crippen LogP contribution in [0, 0.1) is 0 Å². The molecule has 0 spiro atoms. The molecule has 0 aliphatic rings. The summed E-state index contributed by atoms with van der Waals surface area (Å²) in [4.78, 5) is 30.1. The van der Waals surface area contributed by atoms with Gasteiger partial charge in [-0.15, -0.1) is 11.3 Å². The molecule has 2 rings (SSSR count). The van der Waals surface area contributed by atoms with Crippen molar-refractivity contribution in [3.8, 4) is 0 Å². The number of aromatic nitrogens is 1. The molecular weight excluding hydrogens is 460 g/mol. The summed E-state index contributed by atoms with van der Waals surface area (Å²) >= 11 is 1.07. The number of rotatable bonds is 8. The van der Waals surface area contributed by atoms with Crippen molar-refractivity contribution < 1.29 is 35.9 Å². The lowest BCUT2D eigenvalue weighted by Gasteiger charge is -2.22. The van der Waals surface area contributed by atoms with E-state index in [9.17, 15) is 35.9 Å². The van der Waals surface area contributed by atoms with Crippen molar-refractivity contribution >= 4 is 23.2 Å². The number of nitrogens with one attached hydrogen (secondary N) is 1. The molecular formula is C20H21F6N3O2S. The molecule has 0 radical (unpaired) electrons. The Morgan fingerprint density at radius 1 is 1.00 bits per heavy atom. The third-order valence-corrected chi connectivity index (χ3v) is 5.09. The fourth-order valence-corrected chi connectivity index (χ4v) is 3.55. The van der Waals surface area contributed by atoms with Crippen LogP contribution in [0.5, 0.6) is 0 Å². The van der Waals surface area contributed by atoms with Crippen LogP contribution in [0.3, 0.4) is 0 Å². The molecule has 1 aromatic heterocycles. The lowest BCUT2D eigenvalue weighted by atomic mass is 10.0. The van der Waals surface area contributed by atoms with Gasteiger partial charge in [-0.2, -0.15) is 26.3 Å². The van der Waals surface area contributed by atoms with Crippen LogP contribution in [0.2, 0.25) is 0 Å². The van der Waals surface area contributed by atoms with Gasteiger partial charge in [0, 0.05) is 24.0 Å². The molecule has 0 fully saturated rings. The van der Waals surface area contributed by atoms with Crippen molar-refractivity contribution in [2.45, 2.75) is 45.6 Å². The SMILES string of the molecule is CCCNC(=O)c1csc(CN(CCC)C(=O)c2cc(C(F)(F)F)cc(C(F)(F)F)c2)n1. The molecule has 0 bridgehead atoms. The Balaban J connectivity index is 2.34. The minimum atomic E-state index is -5.05. The van der Waals surface area contributed by atoms with Crippen molar-refractivity contribution in [1.82, 2.24) is 15.2 Å². The van der Waals surface area contributed by atoms with Crippen molar-refractivity contribution in [3.05, 3.63) is 51.0 Å². The normalized spacial score (nSPS) is 12.0. The Morgan fingerprint density at radius 3 is 2.09 bits per heavy atom. The standard InChI is InChI=1S/C20H21F6N3O2S/c1-3-5-27-17(30)15-11-32-16(28-15)10-29(6-4-2)18(31)12-7-13(19(21,22)23)9-14(8-12)20(24,25)26/h7-9,11H,3-6,10H2,1-2H3,(H,27,30). The summed E-state index contributed by atoms with van der Waals surface area (Å²) in [5.41, 5.74) is -3.72. The van der Waals surface area contributed by atoms with E-state index >= 15 is 0 Å². The second-order valence-electron chi connectivity index (χ2n) is 6.90. The lowest BCUT2D eigenvalue weighted by Crippen LogP contribution is -2.32. The van der Waals surface area contributed by atoms with Crippen molar-refractivity contribution in [1.29, 1.82) is 0 Å². The Labute approximate surface area is 184 Å². The Morgan fingerprint density at radius 2 is 1.59 bits per heavy atom. The van der Waals surface area contributed by atoms with Gasteiger partial charge in [0.2, 0.25) is 0 Å². The molecule has 0 atom stereocenters. The molecule has 0 aliphatic heterocycles. The van der Waals surface area contributed by atoms with Crippen LogP contribution in [-0.4, -0.2) is 34.8 Å². The van der Waals surface area contributed by atoms with Gasteiger partial charge in [-0.05, 0) is 31.0 Å². The molecule has 0 saturated carbocycles. The van der Waals surface area contributed by atoms with Gasteiger partial charge < -0.3 is 10.2 Å². The monoisotopic (exact) mass is 481 g/mol. The number of thiazole rings is 1. The van der Waals surface area contributed by atoms with Gasteiger partial charge in [0.25, 0.3) is 11.8 Å². The van der Waals surface area contributed by atoms with E-state index in [1.807, 2.05) is 6.92 Å². The molecule has 176 valence electrons. The van der Waals surface area contributed by atoms with Crippen molar-refractivity contribution in [3.63, 3.8) is 0 Å². The molecule has 1 aromatic carbocycles. The summed E-state index contributed by atoms with van der Waals surface area (Å²) < 4.78 is 78.7. The van der Waals surface area contributed by atoms with Gasteiger partial charge in [0.1, 0.15) is 10.7 Å². The number of alkyl halides is 6. The molecule has 2 amide bonds. The molecule has 1 heterocycles. The van der Waals surface area contributed by atoms with Gasteiger partial charge in [-0.3, -0.25) is 9.59 Å². The zero-order valence-corrected chi connectivity index (χ0v) is 18.0. The molecule has 0 unspecified atom stereocenters. The van der Waals surface area contributed by atoms with Gasteiger partial charge in [0.15, 0.2) is 0 Å². The topological polar surface area (TPSA) is 62.3 Å². The predicted octanol–water partition coefficient (Wildman–Crippen LogP) is 5.37. The zero-order chi connectivity index (χ0) is 24.1. The molecule has 2 aromatic rings. The van der Waals surface area contributed by atoms with Crippen LogP contribution in [0.1, 0.15) is 63.7 Å². The van der Waals surface area contributed by atoms with E-state index in [0.29, 0.717) is 30.1 Å². The first-order valence-electron chi connectivity index (χ1n) is 9.68. The molecule has 5 nitrogen and oxygen atoms in total. The second kappa shape index (κ2) is 10.3. The van der Waals surface area contributed by atoms with E-state index in [1.54, 1.807) is 6.92 Å². The maximum Gasteiger partial charge on any atom is 0.416 e. The smallest absolute Gasteiger partial charge is 0.351 e. The molecule has 0 aliphatic carbocycles. The Hall–Kier alpha value is -2.63. The van der Waals surface area contributed by atoms with E-state index in [1.165, 1.54) is 5.38 Å². The van der Waals surface area contributed by atoms with Crippen LogP contribution >= 0.6 is 11.3 Å². The average molecular weight is 481 g/mol. The van der Waals surface area contributed by atoms with E-state index < -0.39 is 40.9 Å². The first-order valence-corrected chi connectivity index (χ1v) is 10.6. The van der Waals surface area contributed by atoms with Gasteiger partial charge >= 0.3 is 12.4 Å². The minimum Gasteiger partial charge on any atom is -0.351 e. The van der Waals surface area contributed by atoms with Crippen molar-refractivity contribution in [2.75, 3.05) is 13.1 Å². The minimum absolute atomic E-state index is 0.0248. The molecule has 32 heavy (non-hydrogen) atoms. The number of nitrogens with zero attached hydrogens (tertiary/aromatic N) is 2. The molecule has 12 heteroatoms. The van der Waals surface area contributed by atoms with Crippen molar-refractivity contribution in [2.24, 2.45) is 0 Å². The van der Waals surface area contributed by atoms with Crippen LogP contribution in [-0.2, 0) is 18.9 Å². The highest BCUT2D eigenvalue weighted by Crippen LogP contribution is 2.36. The van der Waals surface area contributed by atoms with E-state index in [4.69, 9.17) is 0 Å². The fourth-order valence-electron chi connectivity index (χ4n) is 2.76. The van der Waals surface area contributed by atoms with Crippen LogP contribution in [0.25, 0.3) is 0 Å². The third-order valence-electron chi connectivity index (χ3n) is 4.26. The summed E-state index contributed by atoms with van der Waals surface area (Å²) in [6.07, 6.45) is -8.98. The number of hydrogen-bond acceptors (Lipinski definition) is 4. The van der Waals surface area contributed by atoms with E-state index in [2.05, 4.69) is 10.3 Å². The first-order chi connectivity index (χ1) is 14.9. The van der Waals surface area contributed by atoms with Gasteiger partial charge in [-0.25, -0.2) is 4.98 Å². The number of hydrogen-bond donors (Lipinski definition) is 1. The predicted molar refractivity (Wildman–Crippen MR) is 106 cm³/mol. The maximum atomic E-state index is 13.1. The summed E-state index contributed by atoms with van der Waals surface area (Å²) in [6.45, 7) is 3.95. The largest absolute Gasteiger partial charge is 0.416 e. The molecule has 1 N–H and O–H groups in total. The lowest BCUT2D eigenvalue weighted by molar-refractivity contribution is -0.143. The third kappa shape index (κ3) is 6.68. The van der Waals surface area contributed by atoms with E-state index in [-0.39, 0.29) is 24.8 Å². The van der Waals surface area contributed by atoms with Crippen LogP contribution in [0.15, 0.2) is 23.6 Å². The maximum absolute atomic E-state index is 13.1. The number of carbonyl (C=O) groups excluding carboxylic acids is 2. The van der Waals surface area contributed by atoms with E-state index in [0.717, 1.165) is 22.7 Å².